The van der Waals surface area contributed by atoms with Gasteiger partial charge in [-0.15, -0.1) is 0 Å². The predicted octanol–water partition coefficient (Wildman–Crippen LogP) is 0.839. The molecule has 2 N–H and O–H groups in total. The molecule has 0 aromatic heterocycles. The highest BCUT2D eigenvalue weighted by Gasteiger charge is 2.51. The Bertz CT molecular complexity index is 270. The molecule has 3 nitrogen and oxygen atoms in total. The number of amides is 1. The Morgan fingerprint density at radius 3 is 2.80 bits per heavy atom. The molecular weight excluding hydrogens is 202 g/mol. The van der Waals surface area contributed by atoms with Crippen LogP contribution < -0.4 is 5.73 Å². The van der Waals surface area contributed by atoms with Gasteiger partial charge in [0.1, 0.15) is 0 Å². The van der Waals surface area contributed by atoms with Gasteiger partial charge < -0.3 is 10.6 Å². The minimum absolute atomic E-state index is 0.0238. The Hall–Kier alpha value is -0.710. The largest absolute Gasteiger partial charge is 0.341 e. The first-order chi connectivity index (χ1) is 7.04. The van der Waals surface area contributed by atoms with E-state index in [1.807, 2.05) is 0 Å². The highest BCUT2D eigenvalue weighted by molar-refractivity contribution is 5.78. The van der Waals surface area contributed by atoms with Crippen LogP contribution in [-0.4, -0.2) is 36.4 Å². The van der Waals surface area contributed by atoms with Crippen molar-refractivity contribution in [3.63, 3.8) is 0 Å². The molecule has 2 rings (SSSR count). The minimum Gasteiger partial charge on any atom is -0.341 e. The lowest BCUT2D eigenvalue weighted by Crippen LogP contribution is -2.38. The van der Waals surface area contributed by atoms with Gasteiger partial charge in [-0.2, -0.15) is 0 Å². The highest BCUT2D eigenvalue weighted by atomic mass is 19.3. The summed E-state index contributed by atoms with van der Waals surface area (Å²) in [6.07, 6.45) is 1.35. The van der Waals surface area contributed by atoms with Gasteiger partial charge in [-0.1, -0.05) is 0 Å². The smallest absolute Gasteiger partial charge is 0.252 e. The summed E-state index contributed by atoms with van der Waals surface area (Å²) in [6.45, 7) is 0.578. The molecule has 2 fully saturated rings. The second-order valence-corrected chi connectivity index (χ2v) is 4.52. The van der Waals surface area contributed by atoms with E-state index in [0.717, 1.165) is 6.42 Å². The fraction of sp³-hybridized carbons (Fsp3) is 0.900. The summed E-state index contributed by atoms with van der Waals surface area (Å²) in [6, 6.07) is 0. The van der Waals surface area contributed by atoms with Crippen LogP contribution in [0.25, 0.3) is 0 Å². The van der Waals surface area contributed by atoms with Gasteiger partial charge in [0.25, 0.3) is 5.92 Å². The lowest BCUT2D eigenvalue weighted by Gasteiger charge is -2.32. The summed E-state index contributed by atoms with van der Waals surface area (Å²) in [4.78, 5) is 12.8. The maximum Gasteiger partial charge on any atom is 0.252 e. The molecule has 1 saturated heterocycles. The van der Waals surface area contributed by atoms with Gasteiger partial charge >= 0.3 is 0 Å². The molecule has 0 aromatic rings. The molecule has 1 heterocycles. The van der Waals surface area contributed by atoms with Crippen LogP contribution in [0.1, 0.15) is 19.3 Å². The Labute approximate surface area is 87.6 Å². The van der Waals surface area contributed by atoms with Crippen molar-refractivity contribution >= 4 is 5.91 Å². The van der Waals surface area contributed by atoms with Crippen molar-refractivity contribution in [3.8, 4) is 0 Å². The number of carbonyl (C=O) groups excluding carboxylic acids is 1. The number of hydrogen-bond acceptors (Lipinski definition) is 2. The number of nitrogens with two attached hydrogens (primary N) is 1. The Balaban J connectivity index is 2.08. The summed E-state index contributed by atoms with van der Waals surface area (Å²) in [5.41, 5.74) is 5.23. The Morgan fingerprint density at radius 1 is 1.47 bits per heavy atom. The van der Waals surface area contributed by atoms with Crippen molar-refractivity contribution in [2.24, 2.45) is 17.6 Å². The van der Waals surface area contributed by atoms with E-state index in [2.05, 4.69) is 0 Å². The van der Waals surface area contributed by atoms with Gasteiger partial charge in [-0.3, -0.25) is 4.79 Å². The van der Waals surface area contributed by atoms with E-state index in [9.17, 15) is 13.6 Å². The van der Waals surface area contributed by atoms with Crippen LogP contribution in [0.3, 0.4) is 0 Å². The molecule has 15 heavy (non-hydrogen) atoms. The number of hydrogen-bond donors (Lipinski definition) is 1. The quantitative estimate of drug-likeness (QED) is 0.709. The average molecular weight is 218 g/mol. The van der Waals surface area contributed by atoms with Gasteiger partial charge in [0, 0.05) is 25.4 Å². The fourth-order valence-corrected chi connectivity index (χ4v) is 2.76. The summed E-state index contributed by atoms with van der Waals surface area (Å²) < 4.78 is 27.1. The summed E-state index contributed by atoms with van der Waals surface area (Å²) in [5.74, 6) is -3.46. The number of alkyl halides is 2. The number of fused-ring (bicyclic) bond motifs is 1. The number of halogens is 2. The number of rotatable bonds is 1. The van der Waals surface area contributed by atoms with Crippen molar-refractivity contribution in [3.05, 3.63) is 0 Å². The normalized spacial score (nSPS) is 33.9. The van der Waals surface area contributed by atoms with E-state index in [1.54, 1.807) is 0 Å². The second-order valence-electron chi connectivity index (χ2n) is 4.52. The molecule has 0 spiro atoms. The van der Waals surface area contributed by atoms with E-state index >= 15 is 0 Å². The van der Waals surface area contributed by atoms with Crippen LogP contribution in [0.5, 0.6) is 0 Å². The van der Waals surface area contributed by atoms with E-state index in [4.69, 9.17) is 5.73 Å². The van der Waals surface area contributed by atoms with Crippen LogP contribution in [0.2, 0.25) is 0 Å². The molecule has 1 amide bonds. The zero-order valence-electron chi connectivity index (χ0n) is 8.59. The lowest BCUT2D eigenvalue weighted by atomic mass is 9.79. The SMILES string of the molecule is NCC(=O)N1C[C@H]2CCCC(F)(F)[C@H]2C1. The van der Waals surface area contributed by atoms with Crippen molar-refractivity contribution in [2.45, 2.75) is 25.2 Å². The molecule has 1 aliphatic heterocycles. The van der Waals surface area contributed by atoms with Crippen molar-refractivity contribution < 1.29 is 13.6 Å². The average Bonchev–Trinajstić information content (AvgIpc) is 2.61. The monoisotopic (exact) mass is 218 g/mol. The van der Waals surface area contributed by atoms with Gasteiger partial charge in [0.15, 0.2) is 0 Å². The van der Waals surface area contributed by atoms with E-state index in [0.29, 0.717) is 13.0 Å². The third kappa shape index (κ3) is 1.85. The second kappa shape index (κ2) is 3.70. The van der Waals surface area contributed by atoms with Crippen LogP contribution in [0.4, 0.5) is 8.78 Å². The maximum absolute atomic E-state index is 13.5. The molecule has 1 aliphatic carbocycles. The molecule has 0 bridgehead atoms. The first-order valence-electron chi connectivity index (χ1n) is 5.40. The number of carbonyl (C=O) groups is 1. The van der Waals surface area contributed by atoms with Gasteiger partial charge in [-0.05, 0) is 18.8 Å². The zero-order chi connectivity index (χ0) is 11.1. The zero-order valence-corrected chi connectivity index (χ0v) is 8.59. The molecule has 0 aromatic carbocycles. The number of nitrogens with zero attached hydrogens (tertiary/aromatic N) is 1. The third-order valence-corrected chi connectivity index (χ3v) is 3.60. The first kappa shape index (κ1) is 10.8. The van der Waals surface area contributed by atoms with Gasteiger partial charge in [0.2, 0.25) is 5.91 Å². The van der Waals surface area contributed by atoms with Crippen LogP contribution >= 0.6 is 0 Å². The van der Waals surface area contributed by atoms with Crippen molar-refractivity contribution in [1.29, 1.82) is 0 Å². The van der Waals surface area contributed by atoms with Gasteiger partial charge in [-0.25, -0.2) is 8.78 Å². The predicted molar refractivity (Wildman–Crippen MR) is 51.4 cm³/mol. The molecule has 0 unspecified atom stereocenters. The van der Waals surface area contributed by atoms with E-state index in [1.165, 1.54) is 4.90 Å². The lowest BCUT2D eigenvalue weighted by molar-refractivity contribution is -0.129. The van der Waals surface area contributed by atoms with E-state index < -0.39 is 11.8 Å². The van der Waals surface area contributed by atoms with Crippen LogP contribution in [0.15, 0.2) is 0 Å². The molecule has 2 aliphatic rings. The summed E-state index contributed by atoms with van der Waals surface area (Å²) >= 11 is 0. The third-order valence-electron chi connectivity index (χ3n) is 3.60. The summed E-state index contributed by atoms with van der Waals surface area (Å²) in [5, 5.41) is 0. The highest BCUT2D eigenvalue weighted by Crippen LogP contribution is 2.45. The first-order valence-corrected chi connectivity index (χ1v) is 5.40. The molecule has 0 radical (unpaired) electrons. The fourth-order valence-electron chi connectivity index (χ4n) is 2.76. The van der Waals surface area contributed by atoms with Crippen LogP contribution in [0, 0.1) is 11.8 Å². The van der Waals surface area contributed by atoms with Gasteiger partial charge in [0.05, 0.1) is 6.54 Å². The van der Waals surface area contributed by atoms with E-state index in [-0.39, 0.29) is 31.3 Å². The van der Waals surface area contributed by atoms with Crippen LogP contribution in [-0.2, 0) is 4.79 Å². The Kier molecular flexibility index (Phi) is 2.66. The van der Waals surface area contributed by atoms with Crippen molar-refractivity contribution in [2.75, 3.05) is 19.6 Å². The molecule has 86 valence electrons. The molecule has 5 heteroatoms. The molecular formula is C10H16F2N2O. The minimum atomic E-state index is -2.59. The molecule has 2 atom stereocenters. The maximum atomic E-state index is 13.5. The number of likely N-dealkylation sites (tertiary alicyclic amines) is 1. The Morgan fingerprint density at radius 2 is 2.20 bits per heavy atom. The standard InChI is InChI=1S/C10H16F2N2O/c11-10(12)3-1-2-7-5-14(6-8(7)10)9(15)4-13/h7-8H,1-6,13H2/t7-,8+/m1/s1. The van der Waals surface area contributed by atoms with Crippen molar-refractivity contribution in [1.82, 2.24) is 4.90 Å². The molecule has 1 saturated carbocycles. The topological polar surface area (TPSA) is 46.3 Å². The summed E-state index contributed by atoms with van der Waals surface area (Å²) in [7, 11) is 0.